The van der Waals surface area contributed by atoms with Crippen LogP contribution in [0.1, 0.15) is 40.5 Å². The molecule has 1 rings (SSSR count). The van der Waals surface area contributed by atoms with Gasteiger partial charge in [0.05, 0.1) is 12.6 Å². The predicted molar refractivity (Wildman–Crippen MR) is 68.9 cm³/mol. The molecule has 1 fully saturated rings. The van der Waals surface area contributed by atoms with E-state index in [9.17, 15) is 14.7 Å². The zero-order valence-electron chi connectivity index (χ0n) is 11.7. The maximum Gasteiger partial charge on any atom is 0.245 e. The van der Waals surface area contributed by atoms with E-state index >= 15 is 0 Å². The van der Waals surface area contributed by atoms with Crippen molar-refractivity contribution in [1.29, 1.82) is 0 Å². The van der Waals surface area contributed by atoms with Gasteiger partial charge in [0.25, 0.3) is 0 Å². The second kappa shape index (κ2) is 5.69. The van der Waals surface area contributed by atoms with Gasteiger partial charge in [-0.25, -0.2) is 0 Å². The molecule has 0 radical (unpaired) electrons. The number of nitrogens with zero attached hydrogens (tertiary/aromatic N) is 1. The molecule has 2 unspecified atom stereocenters. The molecule has 2 atom stereocenters. The Hall–Kier alpha value is -1.10. The van der Waals surface area contributed by atoms with Crippen molar-refractivity contribution in [2.45, 2.75) is 52.6 Å². The Morgan fingerprint density at radius 1 is 1.44 bits per heavy atom. The van der Waals surface area contributed by atoms with Crippen LogP contribution in [0.2, 0.25) is 0 Å². The number of likely N-dealkylation sites (tertiary alicyclic amines) is 1. The zero-order valence-corrected chi connectivity index (χ0v) is 11.7. The first kappa shape index (κ1) is 15.0. The number of amides is 2. The summed E-state index contributed by atoms with van der Waals surface area (Å²) >= 11 is 0. The van der Waals surface area contributed by atoms with Gasteiger partial charge in [-0.3, -0.25) is 9.59 Å². The highest BCUT2D eigenvalue weighted by Gasteiger charge is 2.32. The van der Waals surface area contributed by atoms with E-state index in [1.54, 1.807) is 11.8 Å². The topological polar surface area (TPSA) is 69.6 Å². The lowest BCUT2D eigenvalue weighted by Crippen LogP contribution is -2.51. The molecular formula is C13H24N2O3. The van der Waals surface area contributed by atoms with Crippen LogP contribution in [-0.2, 0) is 9.59 Å². The molecule has 1 aliphatic heterocycles. The molecule has 5 heteroatoms. The van der Waals surface area contributed by atoms with Gasteiger partial charge in [-0.15, -0.1) is 0 Å². The normalized spacial score (nSPS) is 21.8. The van der Waals surface area contributed by atoms with Gasteiger partial charge in [0.1, 0.15) is 6.04 Å². The third kappa shape index (κ3) is 3.45. The van der Waals surface area contributed by atoms with Gasteiger partial charge in [-0.2, -0.15) is 0 Å². The molecule has 0 aliphatic carbocycles. The first-order chi connectivity index (χ1) is 8.27. The molecule has 0 aromatic carbocycles. The van der Waals surface area contributed by atoms with Crippen LogP contribution in [0, 0.1) is 5.41 Å². The van der Waals surface area contributed by atoms with E-state index in [0.29, 0.717) is 6.54 Å². The van der Waals surface area contributed by atoms with Crippen LogP contribution in [-0.4, -0.2) is 47.1 Å². The van der Waals surface area contributed by atoms with E-state index in [4.69, 9.17) is 0 Å². The number of carbonyl (C=O) groups is 2. The van der Waals surface area contributed by atoms with E-state index in [0.717, 1.165) is 12.8 Å². The lowest BCUT2D eigenvalue weighted by atomic mass is 9.95. The van der Waals surface area contributed by atoms with Crippen molar-refractivity contribution in [2.24, 2.45) is 5.41 Å². The highest BCUT2D eigenvalue weighted by Crippen LogP contribution is 2.18. The number of hydrogen-bond donors (Lipinski definition) is 2. The highest BCUT2D eigenvalue weighted by molar-refractivity contribution is 5.89. The third-order valence-electron chi connectivity index (χ3n) is 3.27. The van der Waals surface area contributed by atoms with E-state index in [1.165, 1.54) is 0 Å². The average Bonchev–Trinajstić information content (AvgIpc) is 2.74. The lowest BCUT2D eigenvalue weighted by Gasteiger charge is -2.28. The first-order valence-electron chi connectivity index (χ1n) is 6.49. The zero-order chi connectivity index (χ0) is 13.9. The highest BCUT2D eigenvalue weighted by atomic mass is 16.3. The van der Waals surface area contributed by atoms with Gasteiger partial charge in [0, 0.05) is 12.0 Å². The number of carbonyl (C=O) groups excluding carboxylic acids is 2. The summed E-state index contributed by atoms with van der Waals surface area (Å²) in [6, 6.07) is -0.629. The van der Waals surface area contributed by atoms with Crippen molar-refractivity contribution < 1.29 is 14.7 Å². The molecule has 0 aromatic rings. The maximum absolute atomic E-state index is 12.2. The molecule has 0 spiro atoms. The predicted octanol–water partition coefficient (Wildman–Crippen LogP) is 0.520. The summed E-state index contributed by atoms with van der Waals surface area (Å²) in [5, 5.41) is 11.9. The smallest absolute Gasteiger partial charge is 0.245 e. The van der Waals surface area contributed by atoms with Crippen LogP contribution >= 0.6 is 0 Å². The summed E-state index contributed by atoms with van der Waals surface area (Å²) in [5.74, 6) is -0.243. The monoisotopic (exact) mass is 256 g/mol. The number of hydrogen-bond acceptors (Lipinski definition) is 3. The number of aliphatic hydroxyl groups is 1. The lowest BCUT2D eigenvalue weighted by molar-refractivity contribution is -0.139. The van der Waals surface area contributed by atoms with Gasteiger partial charge < -0.3 is 15.3 Å². The minimum Gasteiger partial charge on any atom is -0.394 e. The van der Waals surface area contributed by atoms with Crippen molar-refractivity contribution in [1.82, 2.24) is 10.2 Å². The summed E-state index contributed by atoms with van der Waals surface area (Å²) in [7, 11) is 0. The minimum atomic E-state index is -0.538. The minimum absolute atomic E-state index is 0.00826. The fraction of sp³-hybridized carbons (Fsp3) is 0.846. The van der Waals surface area contributed by atoms with Gasteiger partial charge in [-0.05, 0) is 19.8 Å². The Balaban J connectivity index is 2.59. The van der Waals surface area contributed by atoms with Crippen molar-refractivity contribution >= 4 is 11.8 Å². The number of aliphatic hydroxyl groups excluding tert-OH is 1. The van der Waals surface area contributed by atoms with Gasteiger partial charge in [0.2, 0.25) is 11.8 Å². The molecule has 5 nitrogen and oxygen atoms in total. The van der Waals surface area contributed by atoms with Crippen molar-refractivity contribution in [3.8, 4) is 0 Å². The molecule has 0 aromatic heterocycles. The van der Waals surface area contributed by atoms with E-state index in [2.05, 4.69) is 5.32 Å². The van der Waals surface area contributed by atoms with Gasteiger partial charge in [0.15, 0.2) is 0 Å². The molecule has 104 valence electrons. The second-order valence-corrected chi connectivity index (χ2v) is 5.96. The molecule has 2 N–H and O–H groups in total. The van der Waals surface area contributed by atoms with E-state index in [1.807, 2.05) is 20.8 Å². The molecular weight excluding hydrogens is 232 g/mol. The van der Waals surface area contributed by atoms with Crippen molar-refractivity contribution in [3.63, 3.8) is 0 Å². The quantitative estimate of drug-likeness (QED) is 0.773. The molecule has 1 saturated heterocycles. The van der Waals surface area contributed by atoms with Crippen LogP contribution in [0.15, 0.2) is 0 Å². The van der Waals surface area contributed by atoms with Crippen LogP contribution in [0.5, 0.6) is 0 Å². The number of rotatable bonds is 3. The second-order valence-electron chi connectivity index (χ2n) is 5.96. The van der Waals surface area contributed by atoms with Gasteiger partial charge >= 0.3 is 0 Å². The summed E-state index contributed by atoms with van der Waals surface area (Å²) in [5.41, 5.74) is -0.504. The first-order valence-corrected chi connectivity index (χ1v) is 6.49. The Morgan fingerprint density at radius 3 is 2.56 bits per heavy atom. The maximum atomic E-state index is 12.2. The fourth-order valence-corrected chi connectivity index (χ4v) is 2.04. The van der Waals surface area contributed by atoms with Gasteiger partial charge in [-0.1, -0.05) is 20.8 Å². The van der Waals surface area contributed by atoms with Crippen LogP contribution in [0.25, 0.3) is 0 Å². The fourth-order valence-electron chi connectivity index (χ4n) is 2.04. The van der Waals surface area contributed by atoms with Crippen molar-refractivity contribution in [2.75, 3.05) is 13.2 Å². The van der Waals surface area contributed by atoms with Crippen molar-refractivity contribution in [3.05, 3.63) is 0 Å². The molecule has 1 heterocycles. The van der Waals surface area contributed by atoms with Crippen LogP contribution in [0.3, 0.4) is 0 Å². The average molecular weight is 256 g/mol. The Labute approximate surface area is 109 Å². The standard InChI is InChI=1S/C13H24N2O3/c1-9(14-12(18)13(2,3)4)11(17)15-7-5-6-10(15)8-16/h9-10,16H,5-8H2,1-4H3,(H,14,18). The third-order valence-corrected chi connectivity index (χ3v) is 3.27. The van der Waals surface area contributed by atoms with Crippen LogP contribution < -0.4 is 5.32 Å². The summed E-state index contributed by atoms with van der Waals surface area (Å²) in [6.07, 6.45) is 1.75. The Kier molecular flexibility index (Phi) is 4.73. The molecule has 1 aliphatic rings. The molecule has 0 saturated carbocycles. The Morgan fingerprint density at radius 2 is 2.06 bits per heavy atom. The summed E-state index contributed by atoms with van der Waals surface area (Å²) in [6.45, 7) is 7.79. The Bertz CT molecular complexity index is 323. The summed E-state index contributed by atoms with van der Waals surface area (Å²) in [4.78, 5) is 25.7. The van der Waals surface area contributed by atoms with Crippen LogP contribution in [0.4, 0.5) is 0 Å². The molecule has 18 heavy (non-hydrogen) atoms. The van der Waals surface area contributed by atoms with E-state index < -0.39 is 11.5 Å². The summed E-state index contributed by atoms with van der Waals surface area (Å²) < 4.78 is 0. The SMILES string of the molecule is CC(NC(=O)C(C)(C)C)C(=O)N1CCCC1CO. The molecule has 2 amide bonds. The molecule has 0 bridgehead atoms. The largest absolute Gasteiger partial charge is 0.394 e. The number of nitrogens with one attached hydrogen (secondary N) is 1. The van der Waals surface area contributed by atoms with E-state index in [-0.39, 0.29) is 24.5 Å².